The third kappa shape index (κ3) is 2.84. The fourth-order valence-electron chi connectivity index (χ4n) is 2.03. The fraction of sp³-hybridized carbons (Fsp3) is 0.545. The quantitative estimate of drug-likeness (QED) is 0.907. The Hall–Kier alpha value is -1.06. The standard InChI is InChI=1S/C11H14F2N2O3S2/c1-7-6-15(4-3-14-7)10(16)9-8(2-5-19-9)20(17,18)11(12)13/h2,5,7,11,14H,3-4,6H2,1H3. The van der Waals surface area contributed by atoms with Crippen LogP contribution < -0.4 is 5.32 Å². The van der Waals surface area contributed by atoms with Crippen molar-refractivity contribution in [3.8, 4) is 0 Å². The van der Waals surface area contributed by atoms with Crippen LogP contribution in [-0.4, -0.2) is 50.7 Å². The molecule has 1 atom stereocenters. The third-order valence-electron chi connectivity index (χ3n) is 3.02. The van der Waals surface area contributed by atoms with E-state index in [1.54, 1.807) is 0 Å². The predicted molar refractivity (Wildman–Crippen MR) is 70.9 cm³/mol. The minimum absolute atomic E-state index is 0.0859. The van der Waals surface area contributed by atoms with E-state index in [0.717, 1.165) is 17.4 Å². The molecule has 0 aliphatic carbocycles. The number of nitrogens with zero attached hydrogens (tertiary/aromatic N) is 1. The number of hydrogen-bond donors (Lipinski definition) is 1. The number of carbonyl (C=O) groups is 1. The van der Waals surface area contributed by atoms with Gasteiger partial charge in [0.2, 0.25) is 9.84 Å². The van der Waals surface area contributed by atoms with E-state index in [0.29, 0.717) is 19.6 Å². The summed E-state index contributed by atoms with van der Waals surface area (Å²) in [6.07, 6.45) is 0. The fourth-order valence-corrected chi connectivity index (χ4v) is 4.16. The number of piperazine rings is 1. The monoisotopic (exact) mass is 324 g/mol. The number of halogens is 2. The Labute approximate surface area is 119 Å². The number of sulfone groups is 1. The molecule has 1 aromatic heterocycles. The van der Waals surface area contributed by atoms with Gasteiger partial charge in [0.25, 0.3) is 5.91 Å². The van der Waals surface area contributed by atoms with Crippen molar-refractivity contribution in [2.75, 3.05) is 19.6 Å². The summed E-state index contributed by atoms with van der Waals surface area (Å²) in [6, 6.07) is 1.15. The summed E-state index contributed by atoms with van der Waals surface area (Å²) in [5, 5.41) is 4.49. The van der Waals surface area contributed by atoms with Crippen LogP contribution in [0.25, 0.3) is 0 Å². The number of alkyl halides is 2. The van der Waals surface area contributed by atoms with Gasteiger partial charge < -0.3 is 10.2 Å². The molecule has 1 amide bonds. The second kappa shape index (κ2) is 5.74. The molecule has 1 N–H and O–H groups in total. The van der Waals surface area contributed by atoms with Gasteiger partial charge in [-0.3, -0.25) is 4.79 Å². The highest BCUT2D eigenvalue weighted by atomic mass is 32.2. The molecule has 0 aromatic carbocycles. The lowest BCUT2D eigenvalue weighted by atomic mass is 10.2. The zero-order valence-electron chi connectivity index (χ0n) is 10.7. The molecule has 2 heterocycles. The van der Waals surface area contributed by atoms with Crippen LogP contribution in [0.5, 0.6) is 0 Å². The molecular weight excluding hydrogens is 310 g/mol. The summed E-state index contributed by atoms with van der Waals surface area (Å²) < 4.78 is 48.3. The van der Waals surface area contributed by atoms with E-state index in [-0.39, 0.29) is 10.9 Å². The Balaban J connectivity index is 2.31. The van der Waals surface area contributed by atoms with E-state index in [9.17, 15) is 22.0 Å². The van der Waals surface area contributed by atoms with Crippen LogP contribution >= 0.6 is 11.3 Å². The van der Waals surface area contributed by atoms with Crippen LogP contribution in [0.4, 0.5) is 8.78 Å². The topological polar surface area (TPSA) is 66.5 Å². The largest absolute Gasteiger partial charge is 0.341 e. The average molecular weight is 324 g/mol. The molecule has 1 unspecified atom stereocenters. The molecule has 2 rings (SSSR count). The lowest BCUT2D eigenvalue weighted by molar-refractivity contribution is 0.0710. The summed E-state index contributed by atoms with van der Waals surface area (Å²) in [4.78, 5) is 13.1. The van der Waals surface area contributed by atoms with E-state index < -0.39 is 26.4 Å². The van der Waals surface area contributed by atoms with Gasteiger partial charge >= 0.3 is 5.76 Å². The number of carbonyl (C=O) groups excluding carboxylic acids is 1. The summed E-state index contributed by atoms with van der Waals surface area (Å²) in [5.74, 6) is -4.03. The molecular formula is C11H14F2N2O3S2. The van der Waals surface area contributed by atoms with Crippen molar-refractivity contribution in [1.82, 2.24) is 10.2 Å². The SMILES string of the molecule is CC1CN(C(=O)c2sccc2S(=O)(=O)C(F)F)CCN1. The van der Waals surface area contributed by atoms with E-state index in [2.05, 4.69) is 5.32 Å². The highest BCUT2D eigenvalue weighted by Crippen LogP contribution is 2.28. The minimum Gasteiger partial charge on any atom is -0.335 e. The summed E-state index contributed by atoms with van der Waals surface area (Å²) in [7, 11) is -4.75. The smallest absolute Gasteiger partial charge is 0.335 e. The van der Waals surface area contributed by atoms with Gasteiger partial charge in [-0.15, -0.1) is 11.3 Å². The summed E-state index contributed by atoms with van der Waals surface area (Å²) in [5.41, 5.74) is 0. The molecule has 1 aliphatic rings. The van der Waals surface area contributed by atoms with Crippen molar-refractivity contribution in [3.05, 3.63) is 16.3 Å². The van der Waals surface area contributed by atoms with Crippen LogP contribution in [0, 0.1) is 0 Å². The molecule has 20 heavy (non-hydrogen) atoms. The predicted octanol–water partition coefficient (Wildman–Crippen LogP) is 1.18. The van der Waals surface area contributed by atoms with Gasteiger partial charge in [0.05, 0.1) is 4.90 Å². The van der Waals surface area contributed by atoms with E-state index in [4.69, 9.17) is 0 Å². The van der Waals surface area contributed by atoms with Crippen molar-refractivity contribution in [1.29, 1.82) is 0 Å². The number of thiophene rings is 1. The maximum atomic E-state index is 12.6. The van der Waals surface area contributed by atoms with Crippen LogP contribution in [0.15, 0.2) is 16.3 Å². The molecule has 0 saturated carbocycles. The zero-order valence-corrected chi connectivity index (χ0v) is 12.3. The van der Waals surface area contributed by atoms with E-state index in [1.807, 2.05) is 6.92 Å². The maximum Gasteiger partial charge on any atom is 0.341 e. The summed E-state index contributed by atoms with van der Waals surface area (Å²) >= 11 is 0.873. The second-order valence-corrected chi connectivity index (χ2v) is 7.33. The maximum absolute atomic E-state index is 12.6. The Morgan fingerprint density at radius 2 is 2.25 bits per heavy atom. The zero-order chi connectivity index (χ0) is 14.9. The highest BCUT2D eigenvalue weighted by Gasteiger charge is 2.34. The van der Waals surface area contributed by atoms with Crippen LogP contribution in [-0.2, 0) is 9.84 Å². The number of amides is 1. The molecule has 0 spiro atoms. The first kappa shape index (κ1) is 15.3. The first-order valence-electron chi connectivity index (χ1n) is 5.96. The van der Waals surface area contributed by atoms with Gasteiger partial charge in [-0.05, 0) is 18.4 Å². The minimum atomic E-state index is -4.75. The number of nitrogens with one attached hydrogen (secondary N) is 1. The van der Waals surface area contributed by atoms with Crippen molar-refractivity contribution in [2.45, 2.75) is 23.6 Å². The Morgan fingerprint density at radius 3 is 2.85 bits per heavy atom. The first-order chi connectivity index (χ1) is 9.34. The number of rotatable bonds is 3. The molecule has 5 nitrogen and oxygen atoms in total. The van der Waals surface area contributed by atoms with Crippen LogP contribution in [0.3, 0.4) is 0 Å². The molecule has 1 saturated heterocycles. The van der Waals surface area contributed by atoms with Crippen LogP contribution in [0.1, 0.15) is 16.6 Å². The van der Waals surface area contributed by atoms with Gasteiger partial charge in [0.1, 0.15) is 4.88 Å². The second-order valence-electron chi connectivity index (χ2n) is 4.53. The normalized spacial score (nSPS) is 20.4. The van der Waals surface area contributed by atoms with E-state index in [1.165, 1.54) is 10.3 Å². The van der Waals surface area contributed by atoms with Gasteiger partial charge in [-0.25, -0.2) is 8.42 Å². The van der Waals surface area contributed by atoms with E-state index >= 15 is 0 Å². The lowest BCUT2D eigenvalue weighted by Crippen LogP contribution is -2.51. The van der Waals surface area contributed by atoms with Gasteiger partial charge in [-0.1, -0.05) is 0 Å². The lowest BCUT2D eigenvalue weighted by Gasteiger charge is -2.31. The van der Waals surface area contributed by atoms with Crippen molar-refractivity contribution >= 4 is 27.1 Å². The van der Waals surface area contributed by atoms with Crippen molar-refractivity contribution < 1.29 is 22.0 Å². The molecule has 1 aromatic rings. The summed E-state index contributed by atoms with van der Waals surface area (Å²) in [6.45, 7) is 3.33. The average Bonchev–Trinajstić information content (AvgIpc) is 2.87. The third-order valence-corrected chi connectivity index (χ3v) is 5.47. The van der Waals surface area contributed by atoms with Gasteiger partial charge in [-0.2, -0.15) is 8.78 Å². The van der Waals surface area contributed by atoms with Gasteiger partial charge in [0.15, 0.2) is 0 Å². The number of hydrogen-bond acceptors (Lipinski definition) is 5. The molecule has 9 heteroatoms. The van der Waals surface area contributed by atoms with Crippen molar-refractivity contribution in [2.24, 2.45) is 0 Å². The molecule has 112 valence electrons. The first-order valence-corrected chi connectivity index (χ1v) is 8.39. The Morgan fingerprint density at radius 1 is 1.55 bits per heavy atom. The molecule has 0 radical (unpaired) electrons. The molecule has 1 aliphatic heterocycles. The molecule has 0 bridgehead atoms. The van der Waals surface area contributed by atoms with Crippen molar-refractivity contribution in [3.63, 3.8) is 0 Å². The molecule has 1 fully saturated rings. The van der Waals surface area contributed by atoms with Gasteiger partial charge in [0, 0.05) is 25.7 Å². The van der Waals surface area contributed by atoms with Crippen LogP contribution in [0.2, 0.25) is 0 Å². The Kier molecular flexibility index (Phi) is 4.40. The highest BCUT2D eigenvalue weighted by molar-refractivity contribution is 7.92. The Bertz CT molecular complexity index is 601.